The lowest BCUT2D eigenvalue weighted by Crippen LogP contribution is -2.25. The smallest absolute Gasteiger partial charge is 0.259 e. The number of amides is 1. The van der Waals surface area contributed by atoms with Gasteiger partial charge in [-0.15, -0.1) is 0 Å². The number of hydrazone groups is 1. The quantitative estimate of drug-likeness (QED) is 0.596. The maximum absolute atomic E-state index is 11.8. The summed E-state index contributed by atoms with van der Waals surface area (Å²) in [4.78, 5) is 11.8. The summed E-state index contributed by atoms with van der Waals surface area (Å²) in [5.74, 6) is 0.933. The number of nitrogens with zero attached hydrogens (tertiary/aromatic N) is 1. The number of halogens is 1. The zero-order chi connectivity index (χ0) is 17.4. The lowest BCUT2D eigenvalue weighted by atomic mass is 10.2. The van der Waals surface area contributed by atoms with Gasteiger partial charge in [-0.25, -0.2) is 5.43 Å². The topological polar surface area (TPSA) is 72.0 Å². The van der Waals surface area contributed by atoms with Crippen molar-refractivity contribution in [2.24, 2.45) is 5.10 Å². The second-order valence-corrected chi connectivity index (χ2v) is 5.15. The monoisotopic (exact) mass is 347 g/mol. The van der Waals surface area contributed by atoms with Crippen LogP contribution in [-0.2, 0) is 4.79 Å². The van der Waals surface area contributed by atoms with Crippen LogP contribution in [0.5, 0.6) is 11.5 Å². The molecule has 0 fully saturated rings. The summed E-state index contributed by atoms with van der Waals surface area (Å²) in [5, 5.41) is 7.41. The molecule has 126 valence electrons. The molecule has 24 heavy (non-hydrogen) atoms. The summed E-state index contributed by atoms with van der Waals surface area (Å²) in [6, 6.07) is 12.5. The zero-order valence-electron chi connectivity index (χ0n) is 13.4. The number of rotatable bonds is 7. The number of ether oxygens (including phenoxy) is 2. The van der Waals surface area contributed by atoms with Crippen LogP contribution in [0.2, 0.25) is 5.02 Å². The number of nitrogens with one attached hydrogen (secondary N) is 2. The van der Waals surface area contributed by atoms with E-state index in [1.54, 1.807) is 44.6 Å². The van der Waals surface area contributed by atoms with Crippen molar-refractivity contribution in [2.45, 2.75) is 0 Å². The summed E-state index contributed by atoms with van der Waals surface area (Å²) in [6.45, 7) is 0.0625. The van der Waals surface area contributed by atoms with Gasteiger partial charge in [-0.3, -0.25) is 4.79 Å². The first kappa shape index (κ1) is 17.6. The average molecular weight is 348 g/mol. The summed E-state index contributed by atoms with van der Waals surface area (Å²) >= 11 is 6.00. The van der Waals surface area contributed by atoms with E-state index < -0.39 is 0 Å². The molecule has 2 aromatic carbocycles. The molecule has 0 saturated heterocycles. The van der Waals surface area contributed by atoms with E-state index >= 15 is 0 Å². The van der Waals surface area contributed by atoms with Crippen LogP contribution in [0.4, 0.5) is 5.69 Å². The Labute approximate surface area is 145 Å². The third kappa shape index (κ3) is 4.89. The Hall–Kier alpha value is -2.73. The van der Waals surface area contributed by atoms with Gasteiger partial charge in [0.2, 0.25) is 0 Å². The summed E-state index contributed by atoms with van der Waals surface area (Å²) in [6.07, 6.45) is 1.52. The van der Waals surface area contributed by atoms with Gasteiger partial charge in [0.05, 0.1) is 37.7 Å². The molecular weight excluding hydrogens is 330 g/mol. The first-order valence-corrected chi connectivity index (χ1v) is 7.54. The molecule has 2 aromatic rings. The van der Waals surface area contributed by atoms with Gasteiger partial charge < -0.3 is 14.8 Å². The Bertz CT molecular complexity index is 735. The number of hydrogen-bond acceptors (Lipinski definition) is 5. The lowest BCUT2D eigenvalue weighted by molar-refractivity contribution is -0.119. The van der Waals surface area contributed by atoms with E-state index in [0.717, 1.165) is 5.56 Å². The first-order chi connectivity index (χ1) is 11.6. The fraction of sp³-hybridized carbons (Fsp3) is 0.176. The predicted octanol–water partition coefficient (Wildman–Crippen LogP) is 2.92. The summed E-state index contributed by atoms with van der Waals surface area (Å²) < 4.78 is 10.4. The van der Waals surface area contributed by atoms with Crippen molar-refractivity contribution in [1.82, 2.24) is 5.43 Å². The number of benzene rings is 2. The van der Waals surface area contributed by atoms with Gasteiger partial charge in [-0.2, -0.15) is 5.10 Å². The van der Waals surface area contributed by atoms with Gasteiger partial charge in [0.1, 0.15) is 0 Å². The molecule has 0 bridgehead atoms. The van der Waals surface area contributed by atoms with Crippen molar-refractivity contribution in [1.29, 1.82) is 0 Å². The van der Waals surface area contributed by atoms with Crippen LogP contribution < -0.4 is 20.2 Å². The van der Waals surface area contributed by atoms with Crippen LogP contribution in [0.3, 0.4) is 0 Å². The molecule has 2 N–H and O–H groups in total. The normalized spacial score (nSPS) is 10.5. The molecule has 0 radical (unpaired) electrons. The molecule has 0 spiro atoms. The maximum atomic E-state index is 11.8. The van der Waals surface area contributed by atoms with Crippen LogP contribution in [0.1, 0.15) is 5.56 Å². The highest BCUT2D eigenvalue weighted by Crippen LogP contribution is 2.26. The molecule has 2 rings (SSSR count). The Kier molecular flexibility index (Phi) is 6.45. The van der Waals surface area contributed by atoms with Crippen molar-refractivity contribution >= 4 is 29.4 Å². The van der Waals surface area contributed by atoms with Gasteiger partial charge >= 0.3 is 0 Å². The van der Waals surface area contributed by atoms with Gasteiger partial charge in [0, 0.05) is 0 Å². The van der Waals surface area contributed by atoms with Crippen molar-refractivity contribution < 1.29 is 14.3 Å². The molecule has 0 unspecified atom stereocenters. The number of carbonyl (C=O) groups excluding carboxylic acids is 1. The number of para-hydroxylation sites is 1. The van der Waals surface area contributed by atoms with Crippen molar-refractivity contribution in [3.05, 3.63) is 53.1 Å². The molecular formula is C17H18ClN3O3. The van der Waals surface area contributed by atoms with E-state index in [9.17, 15) is 4.79 Å². The van der Waals surface area contributed by atoms with E-state index in [0.29, 0.717) is 22.2 Å². The van der Waals surface area contributed by atoms with E-state index in [1.165, 1.54) is 6.21 Å². The molecule has 0 aliphatic carbocycles. The Balaban J connectivity index is 1.87. The van der Waals surface area contributed by atoms with Crippen molar-refractivity contribution in [3.8, 4) is 11.5 Å². The summed E-state index contributed by atoms with van der Waals surface area (Å²) in [5.41, 5.74) is 3.90. The third-order valence-corrected chi connectivity index (χ3v) is 3.45. The van der Waals surface area contributed by atoms with Gasteiger partial charge in [-0.05, 0) is 35.9 Å². The Morgan fingerprint density at radius 3 is 2.62 bits per heavy atom. The van der Waals surface area contributed by atoms with Crippen LogP contribution in [0.15, 0.2) is 47.6 Å². The van der Waals surface area contributed by atoms with Crippen LogP contribution in [0, 0.1) is 0 Å². The van der Waals surface area contributed by atoms with E-state index in [1.807, 2.05) is 12.1 Å². The zero-order valence-corrected chi connectivity index (χ0v) is 14.1. The minimum absolute atomic E-state index is 0.0625. The van der Waals surface area contributed by atoms with Crippen LogP contribution in [0.25, 0.3) is 0 Å². The number of hydrogen-bond donors (Lipinski definition) is 2. The minimum atomic E-state index is -0.286. The molecule has 0 atom stereocenters. The average Bonchev–Trinajstić information content (AvgIpc) is 2.61. The molecule has 0 aliphatic rings. The fourth-order valence-electron chi connectivity index (χ4n) is 1.93. The molecule has 1 amide bonds. The number of methoxy groups -OCH3 is 2. The SMILES string of the molecule is COc1ccc(C=NNC(=O)CNc2ccccc2Cl)cc1OC. The van der Waals surface area contributed by atoms with E-state index in [2.05, 4.69) is 15.8 Å². The summed E-state index contributed by atoms with van der Waals surface area (Å²) in [7, 11) is 3.12. The number of carbonyl (C=O) groups is 1. The standard InChI is InChI=1S/C17H18ClN3O3/c1-23-15-8-7-12(9-16(15)24-2)10-20-21-17(22)11-19-14-6-4-3-5-13(14)18/h3-10,19H,11H2,1-2H3,(H,21,22). The second kappa shape index (κ2) is 8.79. The predicted molar refractivity (Wildman–Crippen MR) is 95.2 cm³/mol. The van der Waals surface area contributed by atoms with Crippen molar-refractivity contribution in [3.63, 3.8) is 0 Å². The van der Waals surface area contributed by atoms with E-state index in [4.69, 9.17) is 21.1 Å². The minimum Gasteiger partial charge on any atom is -0.493 e. The largest absolute Gasteiger partial charge is 0.493 e. The maximum Gasteiger partial charge on any atom is 0.259 e. The second-order valence-electron chi connectivity index (χ2n) is 4.74. The van der Waals surface area contributed by atoms with Gasteiger partial charge in [-0.1, -0.05) is 23.7 Å². The highest BCUT2D eigenvalue weighted by atomic mass is 35.5. The fourth-order valence-corrected chi connectivity index (χ4v) is 2.13. The first-order valence-electron chi connectivity index (χ1n) is 7.16. The number of anilines is 1. The molecule has 7 heteroatoms. The molecule has 0 aromatic heterocycles. The van der Waals surface area contributed by atoms with Crippen molar-refractivity contribution in [2.75, 3.05) is 26.1 Å². The molecule has 0 heterocycles. The highest BCUT2D eigenvalue weighted by molar-refractivity contribution is 6.33. The highest BCUT2D eigenvalue weighted by Gasteiger charge is 2.04. The van der Waals surface area contributed by atoms with Gasteiger partial charge in [0.15, 0.2) is 11.5 Å². The van der Waals surface area contributed by atoms with Crippen LogP contribution >= 0.6 is 11.6 Å². The Morgan fingerprint density at radius 1 is 1.17 bits per heavy atom. The molecule has 0 aliphatic heterocycles. The Morgan fingerprint density at radius 2 is 1.92 bits per heavy atom. The van der Waals surface area contributed by atoms with E-state index in [-0.39, 0.29) is 12.5 Å². The molecule has 0 saturated carbocycles. The third-order valence-electron chi connectivity index (χ3n) is 3.12. The van der Waals surface area contributed by atoms with Gasteiger partial charge in [0.25, 0.3) is 5.91 Å². The lowest BCUT2D eigenvalue weighted by Gasteiger charge is -2.08. The molecule has 6 nitrogen and oxygen atoms in total. The van der Waals surface area contributed by atoms with Crippen LogP contribution in [-0.4, -0.2) is 32.9 Å².